The molecule has 37 heavy (non-hydrogen) atoms. The quantitative estimate of drug-likeness (QED) is 0.307. The minimum absolute atomic E-state index is 0.0706. The molecule has 0 radical (unpaired) electrons. The molecule has 2 aromatic carbocycles. The first-order chi connectivity index (χ1) is 17.9. The van der Waals surface area contributed by atoms with Gasteiger partial charge in [0.2, 0.25) is 5.56 Å². The molecule has 0 aliphatic heterocycles. The number of H-pyrrole nitrogens is 1. The predicted octanol–water partition coefficient (Wildman–Crippen LogP) is 6.08. The molecule has 5 rings (SSSR count). The van der Waals surface area contributed by atoms with E-state index in [1.165, 1.54) is 18.2 Å². The van der Waals surface area contributed by atoms with Crippen molar-refractivity contribution in [1.29, 1.82) is 0 Å². The van der Waals surface area contributed by atoms with Gasteiger partial charge in [-0.2, -0.15) is 0 Å². The molecule has 2 aromatic heterocycles. The van der Waals surface area contributed by atoms with Gasteiger partial charge in [-0.3, -0.25) is 19.6 Å². The second-order valence-corrected chi connectivity index (χ2v) is 9.49. The van der Waals surface area contributed by atoms with E-state index in [0.29, 0.717) is 34.1 Å². The summed E-state index contributed by atoms with van der Waals surface area (Å²) < 4.78 is 28.0. The lowest BCUT2D eigenvalue weighted by Gasteiger charge is -2.19. The van der Waals surface area contributed by atoms with E-state index >= 15 is 0 Å². The Morgan fingerprint density at radius 3 is 2.49 bits per heavy atom. The number of carbonyl (C=O) groups excluding carboxylic acids is 1. The molecule has 186 valence electrons. The van der Waals surface area contributed by atoms with Gasteiger partial charge >= 0.3 is 0 Å². The number of pyridine rings is 1. The van der Waals surface area contributed by atoms with Crippen LogP contribution in [0.3, 0.4) is 0 Å². The average Bonchev–Trinajstić information content (AvgIpc) is 3.25. The molecule has 0 bridgehead atoms. The van der Waals surface area contributed by atoms with Crippen LogP contribution in [-0.2, 0) is 17.6 Å². The van der Waals surface area contributed by atoms with E-state index < -0.39 is 17.6 Å². The van der Waals surface area contributed by atoms with Gasteiger partial charge < -0.3 is 4.98 Å². The lowest BCUT2D eigenvalue weighted by atomic mass is 9.87. The first kappa shape index (κ1) is 24.7. The molecule has 0 saturated heterocycles. The van der Waals surface area contributed by atoms with Crippen LogP contribution in [0.4, 0.5) is 8.78 Å². The number of hydrogen-bond donors (Lipinski definition) is 1. The molecule has 1 aliphatic carbocycles. The fourth-order valence-corrected chi connectivity index (χ4v) is 4.90. The molecule has 0 fully saturated rings. The number of Topliss-reactive ketones (excluding diaryl/α,β-unsaturated/α-hetero) is 1. The highest BCUT2D eigenvalue weighted by molar-refractivity contribution is 6.30. The number of aromatic nitrogens is 3. The minimum Gasteiger partial charge on any atom is -0.322 e. The molecule has 0 saturated carbocycles. The number of aromatic amines is 1. The lowest BCUT2D eigenvalue weighted by molar-refractivity contribution is -0.118. The highest BCUT2D eigenvalue weighted by atomic mass is 35.5. The van der Waals surface area contributed by atoms with Crippen LogP contribution < -0.4 is 5.56 Å². The van der Waals surface area contributed by atoms with E-state index in [9.17, 15) is 18.4 Å². The average molecular weight is 518 g/mol. The summed E-state index contributed by atoms with van der Waals surface area (Å²) in [6.07, 6.45) is 6.07. The van der Waals surface area contributed by atoms with Crippen molar-refractivity contribution in [2.75, 3.05) is 0 Å². The van der Waals surface area contributed by atoms with Crippen LogP contribution in [-0.4, -0.2) is 20.7 Å². The van der Waals surface area contributed by atoms with E-state index in [2.05, 4.69) is 15.0 Å². The maximum atomic E-state index is 14.0. The highest BCUT2D eigenvalue weighted by Crippen LogP contribution is 2.34. The third-order valence-corrected chi connectivity index (χ3v) is 6.64. The summed E-state index contributed by atoms with van der Waals surface area (Å²) >= 11 is 6.05. The van der Waals surface area contributed by atoms with Gasteiger partial charge in [0, 0.05) is 59.6 Å². The van der Waals surface area contributed by atoms with Crippen LogP contribution in [0.15, 0.2) is 77.9 Å². The van der Waals surface area contributed by atoms with Crippen molar-refractivity contribution in [3.63, 3.8) is 0 Å². The number of ketones is 1. The van der Waals surface area contributed by atoms with Gasteiger partial charge in [0.05, 0.1) is 11.4 Å². The van der Waals surface area contributed by atoms with Crippen LogP contribution >= 0.6 is 11.6 Å². The van der Waals surface area contributed by atoms with Crippen molar-refractivity contribution in [3.8, 4) is 11.3 Å². The molecular weight excluding hydrogens is 496 g/mol. The zero-order valence-electron chi connectivity index (χ0n) is 19.7. The zero-order valence-corrected chi connectivity index (χ0v) is 20.4. The number of carbonyl (C=O) groups is 1. The van der Waals surface area contributed by atoms with E-state index in [1.807, 2.05) is 18.2 Å². The third-order valence-electron chi connectivity index (χ3n) is 6.39. The molecule has 2 heterocycles. The van der Waals surface area contributed by atoms with Crippen molar-refractivity contribution < 1.29 is 13.6 Å². The highest BCUT2D eigenvalue weighted by Gasteiger charge is 2.25. The van der Waals surface area contributed by atoms with Crippen LogP contribution in [0.5, 0.6) is 0 Å². The third kappa shape index (κ3) is 5.73. The summed E-state index contributed by atoms with van der Waals surface area (Å²) in [5.74, 6) is -1.95. The second kappa shape index (κ2) is 10.6. The number of benzene rings is 2. The van der Waals surface area contributed by atoms with Gasteiger partial charge in [-0.15, -0.1) is 0 Å². The normalized spacial score (nSPS) is 13.2. The molecule has 0 spiro atoms. The first-order valence-electron chi connectivity index (χ1n) is 11.8. The summed E-state index contributed by atoms with van der Waals surface area (Å²) in [4.78, 5) is 37.1. The molecule has 1 aliphatic rings. The number of nitrogens with zero attached hydrogens (tertiary/aromatic N) is 2. The van der Waals surface area contributed by atoms with Crippen LogP contribution in [0, 0.1) is 11.6 Å². The zero-order chi connectivity index (χ0) is 25.9. The van der Waals surface area contributed by atoms with Gasteiger partial charge in [0.15, 0.2) is 0 Å². The lowest BCUT2D eigenvalue weighted by Crippen LogP contribution is -2.14. The van der Waals surface area contributed by atoms with Gasteiger partial charge in [-0.25, -0.2) is 8.78 Å². The molecule has 1 atom stereocenters. The SMILES string of the molecule is O=C(CC1=CCc2ccc(=O)[nH]c21)C[C@@H](Cc1cc(F)cc(F)c1)c1nccnc1-c1ccc(Cl)cc1. The number of nitrogens with one attached hydrogen (secondary N) is 1. The Hall–Kier alpha value is -3.97. The fourth-order valence-electron chi connectivity index (χ4n) is 4.77. The summed E-state index contributed by atoms with van der Waals surface area (Å²) in [6.45, 7) is 0. The summed E-state index contributed by atoms with van der Waals surface area (Å²) in [7, 11) is 0. The minimum atomic E-state index is -0.686. The number of allylic oxidation sites excluding steroid dienone is 2. The number of rotatable bonds is 8. The fraction of sp³-hybridized carbons (Fsp3) is 0.172. The number of fused-ring (bicyclic) bond motifs is 1. The predicted molar refractivity (Wildman–Crippen MR) is 138 cm³/mol. The molecule has 4 aromatic rings. The van der Waals surface area contributed by atoms with E-state index in [0.717, 1.165) is 22.8 Å². The van der Waals surface area contributed by atoms with Crippen LogP contribution in [0.25, 0.3) is 16.8 Å². The Morgan fingerprint density at radius 1 is 1.00 bits per heavy atom. The molecule has 0 amide bonds. The Balaban J connectivity index is 1.47. The molecule has 0 unspecified atom stereocenters. The standard InChI is InChI=1S/C29H22ClF2N3O2/c30-22-6-3-19(4-7-22)28-29(34-10-9-33-28)21(11-17-12-23(31)16-24(32)13-17)15-25(36)14-20-2-1-18-5-8-26(37)35-27(18)20/h2-10,12-13,16,21H,1,11,14-15H2,(H,35,37)/t21-/m1/s1. The Kier molecular flexibility index (Phi) is 7.06. The largest absolute Gasteiger partial charge is 0.322 e. The van der Waals surface area contributed by atoms with Crippen molar-refractivity contribution in [3.05, 3.63) is 123 Å². The monoisotopic (exact) mass is 517 g/mol. The topological polar surface area (TPSA) is 75.7 Å². The van der Waals surface area contributed by atoms with Crippen molar-refractivity contribution in [1.82, 2.24) is 15.0 Å². The molecule has 1 N–H and O–H groups in total. The Labute approximate surface area is 216 Å². The van der Waals surface area contributed by atoms with Crippen molar-refractivity contribution in [2.45, 2.75) is 31.6 Å². The Morgan fingerprint density at radius 2 is 1.73 bits per heavy atom. The molecule has 5 nitrogen and oxygen atoms in total. The van der Waals surface area contributed by atoms with Crippen LogP contribution in [0.1, 0.15) is 41.3 Å². The smallest absolute Gasteiger partial charge is 0.248 e. The van der Waals surface area contributed by atoms with Gasteiger partial charge in [-0.1, -0.05) is 35.9 Å². The molecular formula is C29H22ClF2N3O2. The van der Waals surface area contributed by atoms with Gasteiger partial charge in [0.1, 0.15) is 17.4 Å². The van der Waals surface area contributed by atoms with Gasteiger partial charge in [0.25, 0.3) is 0 Å². The maximum Gasteiger partial charge on any atom is 0.248 e. The summed E-state index contributed by atoms with van der Waals surface area (Å²) in [5.41, 5.74) is 4.50. The van der Waals surface area contributed by atoms with Crippen LogP contribution in [0.2, 0.25) is 5.02 Å². The summed E-state index contributed by atoms with van der Waals surface area (Å²) in [6, 6.07) is 13.7. The van der Waals surface area contributed by atoms with E-state index in [-0.39, 0.29) is 30.6 Å². The van der Waals surface area contributed by atoms with Gasteiger partial charge in [-0.05, 0) is 53.8 Å². The number of halogens is 3. The van der Waals surface area contributed by atoms with Crippen molar-refractivity contribution >= 4 is 23.0 Å². The second-order valence-electron chi connectivity index (χ2n) is 9.05. The first-order valence-corrected chi connectivity index (χ1v) is 12.2. The molecule has 8 heteroatoms. The van der Waals surface area contributed by atoms with Crippen molar-refractivity contribution in [2.24, 2.45) is 0 Å². The number of hydrogen-bond acceptors (Lipinski definition) is 4. The maximum absolute atomic E-state index is 14.0. The summed E-state index contributed by atoms with van der Waals surface area (Å²) in [5, 5.41) is 0.569. The van der Waals surface area contributed by atoms with E-state index in [1.54, 1.807) is 30.6 Å². The van der Waals surface area contributed by atoms with E-state index in [4.69, 9.17) is 11.6 Å². The Bertz CT molecular complexity index is 1540.